The number of aliphatic imine (C=N–C) groups is 2. The molecule has 0 saturated carbocycles. The van der Waals surface area contributed by atoms with E-state index < -0.39 is 0 Å². The van der Waals surface area contributed by atoms with E-state index in [0.29, 0.717) is 12.5 Å². The van der Waals surface area contributed by atoms with Crippen LogP contribution in [-0.2, 0) is 6.42 Å². The average molecular weight is 273 g/mol. The van der Waals surface area contributed by atoms with Gasteiger partial charge >= 0.3 is 0 Å². The molecule has 0 aromatic heterocycles. The minimum absolute atomic E-state index is 0.268. The number of piperidine rings is 1. The first-order valence-corrected chi connectivity index (χ1v) is 7.18. The van der Waals surface area contributed by atoms with Crippen molar-refractivity contribution in [2.45, 2.75) is 25.7 Å². The van der Waals surface area contributed by atoms with Gasteiger partial charge in [-0.3, -0.25) is 4.99 Å². The van der Waals surface area contributed by atoms with Gasteiger partial charge in [-0.25, -0.2) is 0 Å². The molecular weight excluding hydrogens is 250 g/mol. The number of likely N-dealkylation sites (tertiary alicyclic amines) is 1. The fourth-order valence-corrected chi connectivity index (χ4v) is 2.29. The largest absolute Gasteiger partial charge is 0.369 e. The molecule has 1 fully saturated rings. The summed E-state index contributed by atoms with van der Waals surface area (Å²) in [5.74, 6) is 0.759. The Hall–Kier alpha value is -2.04. The van der Waals surface area contributed by atoms with Crippen LogP contribution in [0.1, 0.15) is 24.8 Å². The van der Waals surface area contributed by atoms with Gasteiger partial charge in [0.2, 0.25) is 5.96 Å². The van der Waals surface area contributed by atoms with Crippen LogP contribution in [0.15, 0.2) is 40.3 Å². The number of nitrogens with two attached hydrogens (primary N) is 2. The average Bonchev–Trinajstić information content (AvgIpc) is 2.49. The lowest BCUT2D eigenvalue weighted by Crippen LogP contribution is -2.41. The quantitative estimate of drug-likeness (QED) is 0.644. The lowest BCUT2D eigenvalue weighted by molar-refractivity contribution is 0.339. The van der Waals surface area contributed by atoms with Crippen LogP contribution in [0.25, 0.3) is 0 Å². The number of benzene rings is 1. The van der Waals surface area contributed by atoms with Crippen LogP contribution < -0.4 is 11.5 Å². The van der Waals surface area contributed by atoms with E-state index >= 15 is 0 Å². The summed E-state index contributed by atoms with van der Waals surface area (Å²) in [7, 11) is 0. The monoisotopic (exact) mass is 273 g/mol. The third kappa shape index (κ3) is 4.57. The van der Waals surface area contributed by atoms with Gasteiger partial charge in [0, 0.05) is 19.6 Å². The molecule has 1 aromatic rings. The third-order valence-electron chi connectivity index (χ3n) is 3.43. The first-order valence-electron chi connectivity index (χ1n) is 7.18. The molecule has 1 aliphatic heterocycles. The van der Waals surface area contributed by atoms with Gasteiger partial charge < -0.3 is 16.4 Å². The van der Waals surface area contributed by atoms with Gasteiger partial charge in [-0.2, -0.15) is 4.99 Å². The summed E-state index contributed by atoms with van der Waals surface area (Å²) in [5, 5.41) is 0. The molecule has 0 amide bonds. The molecule has 0 atom stereocenters. The maximum atomic E-state index is 5.95. The van der Waals surface area contributed by atoms with Crippen molar-refractivity contribution in [2.75, 3.05) is 19.6 Å². The fourth-order valence-electron chi connectivity index (χ4n) is 2.29. The Morgan fingerprint density at radius 3 is 2.45 bits per heavy atom. The molecule has 5 heteroatoms. The summed E-state index contributed by atoms with van der Waals surface area (Å²) in [6.45, 7) is 2.56. The minimum Gasteiger partial charge on any atom is -0.369 e. The van der Waals surface area contributed by atoms with Crippen LogP contribution >= 0.6 is 0 Å². The molecule has 20 heavy (non-hydrogen) atoms. The molecule has 2 rings (SSSR count). The Labute approximate surface area is 120 Å². The van der Waals surface area contributed by atoms with Crippen molar-refractivity contribution in [3.05, 3.63) is 35.9 Å². The van der Waals surface area contributed by atoms with Gasteiger partial charge in [-0.05, 0) is 31.2 Å². The van der Waals surface area contributed by atoms with Crippen LogP contribution in [0.4, 0.5) is 0 Å². The molecule has 1 saturated heterocycles. The minimum atomic E-state index is 0.268. The normalized spacial score (nSPS) is 17.3. The van der Waals surface area contributed by atoms with Crippen molar-refractivity contribution in [3.8, 4) is 0 Å². The molecule has 0 aliphatic carbocycles. The van der Waals surface area contributed by atoms with E-state index in [2.05, 4.69) is 27.0 Å². The zero-order chi connectivity index (χ0) is 14.2. The SMILES string of the molecule is NC(=NCCc1ccccc1)N=C(N)N1CCCCC1. The topological polar surface area (TPSA) is 80.0 Å². The van der Waals surface area contributed by atoms with Crippen molar-refractivity contribution in [2.24, 2.45) is 21.5 Å². The number of hydrogen-bond acceptors (Lipinski definition) is 1. The van der Waals surface area contributed by atoms with Crippen molar-refractivity contribution < 1.29 is 0 Å². The van der Waals surface area contributed by atoms with Crippen LogP contribution in [0, 0.1) is 0 Å². The lowest BCUT2D eigenvalue weighted by atomic mass is 10.1. The van der Waals surface area contributed by atoms with Crippen LogP contribution in [-0.4, -0.2) is 36.5 Å². The Balaban J connectivity index is 1.83. The van der Waals surface area contributed by atoms with Crippen molar-refractivity contribution in [1.82, 2.24) is 4.90 Å². The summed E-state index contributed by atoms with van der Waals surface area (Å²) in [4.78, 5) is 10.5. The van der Waals surface area contributed by atoms with Gasteiger partial charge in [0.25, 0.3) is 0 Å². The molecular formula is C15H23N5. The molecule has 0 radical (unpaired) electrons. The molecule has 0 bridgehead atoms. The Morgan fingerprint density at radius 2 is 1.75 bits per heavy atom. The molecule has 0 unspecified atom stereocenters. The molecule has 1 aliphatic rings. The predicted octanol–water partition coefficient (Wildman–Crippen LogP) is 1.34. The number of rotatable bonds is 3. The highest BCUT2D eigenvalue weighted by atomic mass is 15.3. The van der Waals surface area contributed by atoms with Gasteiger partial charge in [0.15, 0.2) is 5.96 Å². The highest BCUT2D eigenvalue weighted by Gasteiger charge is 2.11. The van der Waals surface area contributed by atoms with E-state index in [-0.39, 0.29) is 5.96 Å². The van der Waals surface area contributed by atoms with Crippen LogP contribution in [0.2, 0.25) is 0 Å². The molecule has 1 aromatic carbocycles. The van der Waals surface area contributed by atoms with Crippen LogP contribution in [0.5, 0.6) is 0 Å². The fraction of sp³-hybridized carbons (Fsp3) is 0.467. The molecule has 0 spiro atoms. The first kappa shape index (κ1) is 14.4. The molecule has 1 heterocycles. The lowest BCUT2D eigenvalue weighted by Gasteiger charge is -2.27. The van der Waals surface area contributed by atoms with Crippen molar-refractivity contribution in [1.29, 1.82) is 0 Å². The van der Waals surface area contributed by atoms with Gasteiger partial charge in [0.05, 0.1) is 0 Å². The zero-order valence-electron chi connectivity index (χ0n) is 11.8. The van der Waals surface area contributed by atoms with Gasteiger partial charge in [-0.1, -0.05) is 30.3 Å². The zero-order valence-corrected chi connectivity index (χ0v) is 11.8. The van der Waals surface area contributed by atoms with E-state index in [9.17, 15) is 0 Å². The van der Waals surface area contributed by atoms with Gasteiger partial charge in [0.1, 0.15) is 0 Å². The second-order valence-corrected chi connectivity index (χ2v) is 4.99. The number of nitrogens with zero attached hydrogens (tertiary/aromatic N) is 3. The summed E-state index contributed by atoms with van der Waals surface area (Å²) >= 11 is 0. The van der Waals surface area contributed by atoms with E-state index in [1.165, 1.54) is 24.8 Å². The Bertz CT molecular complexity index is 460. The summed E-state index contributed by atoms with van der Waals surface area (Å²) in [6, 6.07) is 10.2. The maximum absolute atomic E-state index is 5.95. The summed E-state index contributed by atoms with van der Waals surface area (Å²) in [5.41, 5.74) is 13.0. The molecule has 5 nitrogen and oxygen atoms in total. The van der Waals surface area contributed by atoms with Crippen molar-refractivity contribution >= 4 is 11.9 Å². The van der Waals surface area contributed by atoms with E-state index in [4.69, 9.17) is 11.5 Å². The highest BCUT2D eigenvalue weighted by Crippen LogP contribution is 2.07. The first-order chi connectivity index (χ1) is 9.75. The Kier molecular flexibility index (Phi) is 5.41. The molecule has 4 N–H and O–H groups in total. The second-order valence-electron chi connectivity index (χ2n) is 4.99. The number of guanidine groups is 2. The summed E-state index contributed by atoms with van der Waals surface area (Å²) < 4.78 is 0. The number of hydrogen-bond donors (Lipinski definition) is 2. The van der Waals surface area contributed by atoms with Crippen molar-refractivity contribution in [3.63, 3.8) is 0 Å². The third-order valence-corrected chi connectivity index (χ3v) is 3.43. The standard InChI is InChI=1S/C15H23N5/c16-14(18-10-9-13-7-3-1-4-8-13)19-15(17)20-11-5-2-6-12-20/h1,3-4,7-8H,2,5-6,9-12H2,(H4,16,17,18,19). The highest BCUT2D eigenvalue weighted by molar-refractivity contribution is 5.93. The smallest absolute Gasteiger partial charge is 0.218 e. The maximum Gasteiger partial charge on any atom is 0.218 e. The second kappa shape index (κ2) is 7.53. The Morgan fingerprint density at radius 1 is 1.05 bits per heavy atom. The van der Waals surface area contributed by atoms with Gasteiger partial charge in [-0.15, -0.1) is 0 Å². The van der Waals surface area contributed by atoms with E-state index in [1.54, 1.807) is 0 Å². The predicted molar refractivity (Wildman–Crippen MR) is 83.7 cm³/mol. The van der Waals surface area contributed by atoms with Crippen LogP contribution in [0.3, 0.4) is 0 Å². The van der Waals surface area contributed by atoms with E-state index in [1.807, 2.05) is 18.2 Å². The molecule has 108 valence electrons. The summed E-state index contributed by atoms with van der Waals surface area (Å²) in [6.07, 6.45) is 4.47. The van der Waals surface area contributed by atoms with E-state index in [0.717, 1.165) is 19.5 Å².